The van der Waals surface area contributed by atoms with E-state index in [9.17, 15) is 4.79 Å². The van der Waals surface area contributed by atoms with Crippen LogP contribution in [0.25, 0.3) is 0 Å². The molecule has 1 saturated carbocycles. The number of alkyl carbamates (subject to hydrolysis) is 1. The van der Waals surface area contributed by atoms with E-state index in [1.807, 2.05) is 20.8 Å². The molecule has 1 amide bonds. The third-order valence-electron chi connectivity index (χ3n) is 4.41. The maximum atomic E-state index is 11.8. The molecule has 1 aliphatic rings. The fourth-order valence-electron chi connectivity index (χ4n) is 3.14. The molecule has 22 heavy (non-hydrogen) atoms. The molecule has 0 aromatic carbocycles. The Morgan fingerprint density at radius 1 is 1.18 bits per heavy atom. The lowest BCUT2D eigenvalue weighted by Gasteiger charge is -2.30. The number of ether oxygens (including phenoxy) is 1. The minimum atomic E-state index is -0.437. The summed E-state index contributed by atoms with van der Waals surface area (Å²) in [7, 11) is 0. The van der Waals surface area contributed by atoms with Crippen LogP contribution in [0, 0.1) is 5.92 Å². The number of hydrogen-bond acceptors (Lipinski definition) is 3. The third-order valence-corrected chi connectivity index (χ3v) is 4.41. The van der Waals surface area contributed by atoms with Crippen LogP contribution in [0.4, 0.5) is 4.79 Å². The second-order valence-corrected chi connectivity index (χ2v) is 7.67. The van der Waals surface area contributed by atoms with Crippen molar-refractivity contribution in [3.63, 3.8) is 0 Å². The lowest BCUT2D eigenvalue weighted by molar-refractivity contribution is 0.0501. The Bertz CT molecular complexity index is 318. The van der Waals surface area contributed by atoms with Crippen molar-refractivity contribution in [1.82, 2.24) is 10.6 Å². The first-order valence-electron chi connectivity index (χ1n) is 9.07. The molecule has 1 rings (SSSR count). The Balaban J connectivity index is 2.25. The van der Waals surface area contributed by atoms with E-state index >= 15 is 0 Å². The fourth-order valence-corrected chi connectivity index (χ4v) is 3.14. The summed E-state index contributed by atoms with van der Waals surface area (Å²) in [6.45, 7) is 10.9. The second kappa shape index (κ2) is 9.39. The van der Waals surface area contributed by atoms with Gasteiger partial charge in [0.1, 0.15) is 5.60 Å². The Hall–Kier alpha value is -0.770. The summed E-state index contributed by atoms with van der Waals surface area (Å²) in [4.78, 5) is 11.8. The first kappa shape index (κ1) is 19.3. The van der Waals surface area contributed by atoms with Crippen LogP contribution in [0.1, 0.15) is 79.6 Å². The molecule has 0 aliphatic heterocycles. The van der Waals surface area contributed by atoms with Gasteiger partial charge in [0, 0.05) is 18.6 Å². The number of carbonyl (C=O) groups excluding carboxylic acids is 1. The molecule has 1 atom stereocenters. The summed E-state index contributed by atoms with van der Waals surface area (Å²) < 4.78 is 5.32. The van der Waals surface area contributed by atoms with E-state index in [0.29, 0.717) is 6.04 Å². The van der Waals surface area contributed by atoms with Gasteiger partial charge in [-0.3, -0.25) is 0 Å². The van der Waals surface area contributed by atoms with Crippen LogP contribution in [-0.4, -0.2) is 30.3 Å². The Morgan fingerprint density at radius 2 is 1.82 bits per heavy atom. The first-order valence-corrected chi connectivity index (χ1v) is 9.07. The average Bonchev–Trinajstić information content (AvgIpc) is 2.43. The zero-order valence-electron chi connectivity index (χ0n) is 15.2. The van der Waals surface area contributed by atoms with Crippen LogP contribution in [0.2, 0.25) is 0 Å². The molecule has 0 spiro atoms. The highest BCUT2D eigenvalue weighted by molar-refractivity contribution is 5.68. The largest absolute Gasteiger partial charge is 0.444 e. The van der Waals surface area contributed by atoms with E-state index < -0.39 is 5.60 Å². The zero-order valence-corrected chi connectivity index (χ0v) is 15.2. The molecule has 1 aliphatic carbocycles. The van der Waals surface area contributed by atoms with Crippen molar-refractivity contribution in [2.75, 3.05) is 6.54 Å². The van der Waals surface area contributed by atoms with Gasteiger partial charge in [-0.2, -0.15) is 0 Å². The van der Waals surface area contributed by atoms with Crippen LogP contribution in [0.5, 0.6) is 0 Å². The van der Waals surface area contributed by atoms with Gasteiger partial charge in [-0.25, -0.2) is 4.79 Å². The summed E-state index contributed by atoms with van der Waals surface area (Å²) in [5.41, 5.74) is -0.437. The molecule has 0 aromatic rings. The van der Waals surface area contributed by atoms with Crippen LogP contribution < -0.4 is 10.6 Å². The molecule has 1 unspecified atom stereocenters. The third kappa shape index (κ3) is 8.02. The Labute approximate surface area is 136 Å². The minimum absolute atomic E-state index is 0.142. The van der Waals surface area contributed by atoms with Gasteiger partial charge in [-0.15, -0.1) is 0 Å². The van der Waals surface area contributed by atoms with Gasteiger partial charge >= 0.3 is 6.09 Å². The van der Waals surface area contributed by atoms with Gasteiger partial charge in [0.05, 0.1) is 0 Å². The van der Waals surface area contributed by atoms with Crippen molar-refractivity contribution in [2.45, 2.75) is 97.2 Å². The number of hydrogen-bond donors (Lipinski definition) is 2. The number of nitrogens with one attached hydrogen (secondary N) is 2. The van der Waals surface area contributed by atoms with Gasteiger partial charge in [-0.05, 0) is 58.8 Å². The topological polar surface area (TPSA) is 50.4 Å². The smallest absolute Gasteiger partial charge is 0.407 e. The Morgan fingerprint density at radius 3 is 2.32 bits per heavy atom. The van der Waals surface area contributed by atoms with Crippen LogP contribution >= 0.6 is 0 Å². The normalized spacial score (nSPS) is 23.9. The van der Waals surface area contributed by atoms with E-state index in [0.717, 1.165) is 18.9 Å². The summed E-state index contributed by atoms with van der Waals surface area (Å²) in [5.74, 6) is 0.935. The zero-order chi connectivity index (χ0) is 16.6. The molecule has 130 valence electrons. The molecule has 0 saturated heterocycles. The molecule has 4 nitrogen and oxygen atoms in total. The molecule has 0 bridgehead atoms. The van der Waals surface area contributed by atoms with Crippen molar-refractivity contribution in [3.05, 3.63) is 0 Å². The quantitative estimate of drug-likeness (QED) is 0.739. The summed E-state index contributed by atoms with van der Waals surface area (Å²) >= 11 is 0. The summed E-state index contributed by atoms with van der Waals surface area (Å²) in [5, 5.41) is 6.60. The van der Waals surface area contributed by atoms with Gasteiger partial charge in [0.15, 0.2) is 0 Å². The second-order valence-electron chi connectivity index (χ2n) is 7.67. The van der Waals surface area contributed by atoms with E-state index in [2.05, 4.69) is 24.5 Å². The maximum Gasteiger partial charge on any atom is 0.407 e. The van der Waals surface area contributed by atoms with E-state index in [4.69, 9.17) is 4.74 Å². The lowest BCUT2D eigenvalue weighted by Crippen LogP contribution is -2.46. The highest BCUT2D eigenvalue weighted by Gasteiger charge is 2.22. The minimum Gasteiger partial charge on any atom is -0.444 e. The molecule has 0 heterocycles. The highest BCUT2D eigenvalue weighted by Crippen LogP contribution is 2.27. The summed E-state index contributed by atoms with van der Waals surface area (Å²) in [6.07, 6.45) is 8.53. The van der Waals surface area contributed by atoms with Crippen LogP contribution in [-0.2, 0) is 4.74 Å². The number of rotatable bonds is 7. The predicted molar refractivity (Wildman–Crippen MR) is 92.1 cm³/mol. The van der Waals surface area contributed by atoms with Crippen molar-refractivity contribution in [3.8, 4) is 0 Å². The monoisotopic (exact) mass is 312 g/mol. The van der Waals surface area contributed by atoms with Gasteiger partial charge in [0.2, 0.25) is 0 Å². The summed E-state index contributed by atoms with van der Waals surface area (Å²) in [6, 6.07) is 0.755. The van der Waals surface area contributed by atoms with Crippen molar-refractivity contribution in [1.29, 1.82) is 0 Å². The molecule has 0 radical (unpaired) electrons. The van der Waals surface area contributed by atoms with E-state index in [-0.39, 0.29) is 12.1 Å². The number of amides is 1. The van der Waals surface area contributed by atoms with Gasteiger partial charge in [-0.1, -0.05) is 26.7 Å². The first-order chi connectivity index (χ1) is 10.3. The van der Waals surface area contributed by atoms with Crippen LogP contribution in [0.3, 0.4) is 0 Å². The average molecular weight is 312 g/mol. The van der Waals surface area contributed by atoms with Crippen molar-refractivity contribution < 1.29 is 9.53 Å². The molecule has 4 heteroatoms. The lowest BCUT2D eigenvalue weighted by atomic mass is 9.83. The molecule has 1 fully saturated rings. The molecular weight excluding hydrogens is 276 g/mol. The molecule has 2 N–H and O–H groups in total. The maximum absolute atomic E-state index is 11.8. The fraction of sp³-hybridized carbons (Fsp3) is 0.944. The van der Waals surface area contributed by atoms with Crippen molar-refractivity contribution in [2.24, 2.45) is 5.92 Å². The number of carbonyl (C=O) groups is 1. The Kier molecular flexibility index (Phi) is 8.23. The standard InChI is InChI=1S/C18H36N2O2/c1-6-8-14-9-11-16(12-10-14)19-13-15(7-2)20-17(21)22-18(3,4)5/h14-16,19H,6-13H2,1-5H3,(H,20,21). The van der Waals surface area contributed by atoms with Crippen molar-refractivity contribution >= 4 is 6.09 Å². The van der Waals surface area contributed by atoms with E-state index in [1.165, 1.54) is 38.5 Å². The highest BCUT2D eigenvalue weighted by atomic mass is 16.6. The SMILES string of the molecule is CCCC1CCC(NCC(CC)NC(=O)OC(C)(C)C)CC1. The molecule has 0 aromatic heterocycles. The van der Waals surface area contributed by atoms with Crippen LogP contribution in [0.15, 0.2) is 0 Å². The molecular formula is C18H36N2O2. The van der Waals surface area contributed by atoms with E-state index in [1.54, 1.807) is 0 Å². The van der Waals surface area contributed by atoms with Gasteiger partial charge < -0.3 is 15.4 Å². The van der Waals surface area contributed by atoms with Gasteiger partial charge in [0.25, 0.3) is 0 Å². The predicted octanol–water partition coefficient (Wildman–Crippen LogP) is 4.24.